The predicted molar refractivity (Wildman–Crippen MR) is 57.4 cm³/mol. The van der Waals surface area contributed by atoms with Gasteiger partial charge >= 0.3 is 0 Å². The molecule has 0 aromatic rings. The van der Waals surface area contributed by atoms with E-state index in [-0.39, 0.29) is 6.10 Å². The fourth-order valence-corrected chi connectivity index (χ4v) is 2.19. The second kappa shape index (κ2) is 5.69. The van der Waals surface area contributed by atoms with Crippen LogP contribution in [0.25, 0.3) is 0 Å². The van der Waals surface area contributed by atoms with Crippen LogP contribution in [-0.2, 0) is 4.74 Å². The van der Waals surface area contributed by atoms with Crippen LogP contribution < -0.4 is 0 Å². The predicted octanol–water partition coefficient (Wildman–Crippen LogP) is 1.26. The molecule has 1 aliphatic rings. The molecule has 14 heavy (non-hydrogen) atoms. The van der Waals surface area contributed by atoms with Crippen molar-refractivity contribution in [3.63, 3.8) is 0 Å². The minimum atomic E-state index is -0.190. The average Bonchev–Trinajstić information content (AvgIpc) is 2.17. The van der Waals surface area contributed by atoms with Crippen LogP contribution in [-0.4, -0.2) is 48.5 Å². The van der Waals surface area contributed by atoms with Crippen LogP contribution in [0.4, 0.5) is 0 Å². The number of rotatable bonds is 4. The number of aliphatic hydroxyl groups is 1. The Morgan fingerprint density at radius 2 is 1.93 bits per heavy atom. The fourth-order valence-electron chi connectivity index (χ4n) is 2.19. The Balaban J connectivity index is 2.26. The third-order valence-corrected chi connectivity index (χ3v) is 3.12. The van der Waals surface area contributed by atoms with Crippen molar-refractivity contribution >= 4 is 0 Å². The van der Waals surface area contributed by atoms with E-state index in [0.29, 0.717) is 12.1 Å². The molecule has 1 saturated heterocycles. The summed E-state index contributed by atoms with van der Waals surface area (Å²) < 4.78 is 5.32. The topological polar surface area (TPSA) is 32.7 Å². The van der Waals surface area contributed by atoms with Gasteiger partial charge in [-0.05, 0) is 33.1 Å². The minimum Gasteiger partial charge on any atom is -0.393 e. The first-order valence-corrected chi connectivity index (χ1v) is 5.58. The van der Waals surface area contributed by atoms with E-state index in [2.05, 4.69) is 11.8 Å². The molecule has 0 amide bonds. The Morgan fingerprint density at radius 3 is 2.36 bits per heavy atom. The van der Waals surface area contributed by atoms with Gasteiger partial charge in [-0.2, -0.15) is 0 Å². The van der Waals surface area contributed by atoms with Gasteiger partial charge in [0.2, 0.25) is 0 Å². The van der Waals surface area contributed by atoms with E-state index >= 15 is 0 Å². The summed E-state index contributed by atoms with van der Waals surface area (Å²) in [6.45, 7) is 6.26. The fraction of sp³-hybridized carbons (Fsp3) is 1.00. The van der Waals surface area contributed by atoms with Gasteiger partial charge in [0, 0.05) is 26.2 Å². The standard InChI is InChI=1S/C11H23NO2/c1-9(8-10(2)13)12-6-4-11(14-3)5-7-12/h9-11,13H,4-8H2,1-3H3. The molecular weight excluding hydrogens is 178 g/mol. The summed E-state index contributed by atoms with van der Waals surface area (Å²) in [5.74, 6) is 0. The van der Waals surface area contributed by atoms with Crippen molar-refractivity contribution in [1.29, 1.82) is 0 Å². The Bertz CT molecular complexity index is 153. The molecule has 1 heterocycles. The van der Waals surface area contributed by atoms with Crippen molar-refractivity contribution in [2.45, 2.75) is 51.4 Å². The zero-order chi connectivity index (χ0) is 10.6. The molecule has 84 valence electrons. The maximum absolute atomic E-state index is 9.30. The number of hydrogen-bond acceptors (Lipinski definition) is 3. The van der Waals surface area contributed by atoms with Gasteiger partial charge in [-0.25, -0.2) is 0 Å². The second-order valence-corrected chi connectivity index (χ2v) is 4.40. The molecule has 0 bridgehead atoms. The van der Waals surface area contributed by atoms with Crippen molar-refractivity contribution in [1.82, 2.24) is 4.90 Å². The van der Waals surface area contributed by atoms with E-state index < -0.39 is 0 Å². The van der Waals surface area contributed by atoms with Crippen LogP contribution in [0.15, 0.2) is 0 Å². The van der Waals surface area contributed by atoms with Gasteiger partial charge in [0.25, 0.3) is 0 Å². The zero-order valence-corrected chi connectivity index (χ0v) is 9.57. The van der Waals surface area contributed by atoms with Gasteiger partial charge in [0.15, 0.2) is 0 Å². The highest BCUT2D eigenvalue weighted by Crippen LogP contribution is 2.17. The van der Waals surface area contributed by atoms with E-state index in [0.717, 1.165) is 32.4 Å². The van der Waals surface area contributed by atoms with Crippen molar-refractivity contribution in [2.75, 3.05) is 20.2 Å². The lowest BCUT2D eigenvalue weighted by Crippen LogP contribution is -2.42. The monoisotopic (exact) mass is 201 g/mol. The summed E-state index contributed by atoms with van der Waals surface area (Å²) >= 11 is 0. The lowest BCUT2D eigenvalue weighted by atomic mass is 10.0. The molecule has 0 aromatic carbocycles. The van der Waals surface area contributed by atoms with Crippen LogP contribution in [0.5, 0.6) is 0 Å². The third kappa shape index (κ3) is 3.56. The van der Waals surface area contributed by atoms with Crippen molar-refractivity contribution < 1.29 is 9.84 Å². The normalized spacial score (nSPS) is 24.9. The smallest absolute Gasteiger partial charge is 0.0595 e. The van der Waals surface area contributed by atoms with Crippen LogP contribution in [0, 0.1) is 0 Å². The molecule has 1 rings (SSSR count). The SMILES string of the molecule is COC1CCN(C(C)CC(C)O)CC1. The van der Waals surface area contributed by atoms with Gasteiger partial charge in [-0.3, -0.25) is 0 Å². The number of methoxy groups -OCH3 is 1. The highest BCUT2D eigenvalue weighted by molar-refractivity contribution is 4.77. The number of aliphatic hydroxyl groups excluding tert-OH is 1. The highest BCUT2D eigenvalue weighted by Gasteiger charge is 2.22. The van der Waals surface area contributed by atoms with Crippen LogP contribution >= 0.6 is 0 Å². The van der Waals surface area contributed by atoms with Crippen LogP contribution in [0.1, 0.15) is 33.1 Å². The number of piperidine rings is 1. The van der Waals surface area contributed by atoms with E-state index in [1.807, 2.05) is 6.92 Å². The number of likely N-dealkylation sites (tertiary alicyclic amines) is 1. The third-order valence-electron chi connectivity index (χ3n) is 3.12. The summed E-state index contributed by atoms with van der Waals surface area (Å²) in [6, 6.07) is 0.493. The van der Waals surface area contributed by atoms with E-state index in [1.165, 1.54) is 0 Å². The van der Waals surface area contributed by atoms with E-state index in [9.17, 15) is 5.11 Å². The van der Waals surface area contributed by atoms with Gasteiger partial charge < -0.3 is 14.7 Å². The van der Waals surface area contributed by atoms with Crippen LogP contribution in [0.2, 0.25) is 0 Å². The molecule has 0 aromatic heterocycles. The molecule has 2 unspecified atom stereocenters. The minimum absolute atomic E-state index is 0.190. The number of hydrogen-bond donors (Lipinski definition) is 1. The van der Waals surface area contributed by atoms with Crippen molar-refractivity contribution in [3.05, 3.63) is 0 Å². The van der Waals surface area contributed by atoms with Gasteiger partial charge in [-0.1, -0.05) is 0 Å². The average molecular weight is 201 g/mol. The molecule has 3 heteroatoms. The number of ether oxygens (including phenoxy) is 1. The van der Waals surface area contributed by atoms with E-state index in [1.54, 1.807) is 7.11 Å². The molecular formula is C11H23NO2. The molecule has 0 spiro atoms. The van der Waals surface area contributed by atoms with Crippen LogP contribution in [0.3, 0.4) is 0 Å². The van der Waals surface area contributed by atoms with Crippen molar-refractivity contribution in [3.8, 4) is 0 Å². The molecule has 2 atom stereocenters. The van der Waals surface area contributed by atoms with Gasteiger partial charge in [0.05, 0.1) is 12.2 Å². The summed E-state index contributed by atoms with van der Waals surface area (Å²) in [5.41, 5.74) is 0. The maximum atomic E-state index is 9.30. The first kappa shape index (κ1) is 12.0. The largest absolute Gasteiger partial charge is 0.393 e. The maximum Gasteiger partial charge on any atom is 0.0595 e. The highest BCUT2D eigenvalue weighted by atomic mass is 16.5. The lowest BCUT2D eigenvalue weighted by molar-refractivity contribution is 0.0216. The number of nitrogens with zero attached hydrogens (tertiary/aromatic N) is 1. The summed E-state index contributed by atoms with van der Waals surface area (Å²) in [4.78, 5) is 2.45. The van der Waals surface area contributed by atoms with E-state index in [4.69, 9.17) is 4.74 Å². The Kier molecular flexibility index (Phi) is 4.85. The Morgan fingerprint density at radius 1 is 1.36 bits per heavy atom. The first-order chi connectivity index (χ1) is 6.63. The molecule has 1 N–H and O–H groups in total. The molecule has 0 saturated carbocycles. The molecule has 1 aliphatic heterocycles. The summed E-state index contributed by atoms with van der Waals surface area (Å²) in [6.07, 6.45) is 3.38. The summed E-state index contributed by atoms with van der Waals surface area (Å²) in [7, 11) is 1.79. The van der Waals surface area contributed by atoms with Crippen molar-refractivity contribution in [2.24, 2.45) is 0 Å². The molecule has 0 radical (unpaired) electrons. The quantitative estimate of drug-likeness (QED) is 0.743. The summed E-state index contributed by atoms with van der Waals surface area (Å²) in [5, 5.41) is 9.30. The Labute approximate surface area is 87.1 Å². The molecule has 0 aliphatic carbocycles. The van der Waals surface area contributed by atoms with Gasteiger partial charge in [0.1, 0.15) is 0 Å². The van der Waals surface area contributed by atoms with Gasteiger partial charge in [-0.15, -0.1) is 0 Å². The molecule has 3 nitrogen and oxygen atoms in total. The lowest BCUT2D eigenvalue weighted by Gasteiger charge is -2.35. The zero-order valence-electron chi connectivity index (χ0n) is 9.57. The molecule has 1 fully saturated rings. The second-order valence-electron chi connectivity index (χ2n) is 4.40. The Hall–Kier alpha value is -0.120. The first-order valence-electron chi connectivity index (χ1n) is 5.58.